The maximum Gasteiger partial charge on any atom is 0.307 e. The standard InChI is InChI=1S/C16H19N3O5S/c1-3-4-5-14(20)17-16-18(9-8-15(21)24-2)12-7-6-11(19(22)23)10-13(12)25-16/h6-7,10H,3-5,8-9H2,1-2H3. The number of aryl methyl sites for hydroxylation is 1. The Bertz CT molecular complexity index is 868. The van der Waals surface area contributed by atoms with Crippen LogP contribution in [0, 0.1) is 10.1 Å². The quantitative estimate of drug-likeness (QED) is 0.426. The molecule has 1 amide bonds. The number of fused-ring (bicyclic) bond motifs is 1. The van der Waals surface area contributed by atoms with Gasteiger partial charge in [0.25, 0.3) is 5.69 Å². The Morgan fingerprint density at radius 2 is 2.12 bits per heavy atom. The highest BCUT2D eigenvalue weighted by atomic mass is 32.1. The molecule has 1 aromatic heterocycles. The van der Waals surface area contributed by atoms with Gasteiger partial charge < -0.3 is 9.30 Å². The second-order valence-corrected chi connectivity index (χ2v) is 6.39. The van der Waals surface area contributed by atoms with Crippen LogP contribution in [0.2, 0.25) is 0 Å². The van der Waals surface area contributed by atoms with E-state index >= 15 is 0 Å². The summed E-state index contributed by atoms with van der Waals surface area (Å²) in [5.41, 5.74) is 0.666. The van der Waals surface area contributed by atoms with E-state index in [4.69, 9.17) is 0 Å². The fourth-order valence-corrected chi connectivity index (χ4v) is 3.38. The first-order valence-corrected chi connectivity index (χ1v) is 8.70. The third-order valence-corrected chi connectivity index (χ3v) is 4.65. The first kappa shape index (κ1) is 18.8. The van der Waals surface area contributed by atoms with E-state index in [9.17, 15) is 19.7 Å². The lowest BCUT2D eigenvalue weighted by Gasteiger charge is -2.04. The Kier molecular flexibility index (Phi) is 6.40. The molecule has 134 valence electrons. The molecule has 2 rings (SSSR count). The summed E-state index contributed by atoms with van der Waals surface area (Å²) in [6, 6.07) is 4.45. The first-order valence-electron chi connectivity index (χ1n) is 7.88. The Hall–Kier alpha value is -2.55. The lowest BCUT2D eigenvalue weighted by Crippen LogP contribution is -2.19. The number of unbranched alkanes of at least 4 members (excludes halogenated alkanes) is 1. The highest BCUT2D eigenvalue weighted by Gasteiger charge is 2.13. The summed E-state index contributed by atoms with van der Waals surface area (Å²) in [4.78, 5) is 38.5. The van der Waals surface area contributed by atoms with Gasteiger partial charge in [-0.25, -0.2) is 0 Å². The predicted molar refractivity (Wildman–Crippen MR) is 93.2 cm³/mol. The number of ether oxygens (including phenoxy) is 1. The molecule has 0 saturated heterocycles. The van der Waals surface area contributed by atoms with Crippen LogP contribution >= 0.6 is 11.3 Å². The summed E-state index contributed by atoms with van der Waals surface area (Å²) >= 11 is 1.20. The zero-order chi connectivity index (χ0) is 18.4. The highest BCUT2D eigenvalue weighted by Crippen LogP contribution is 2.23. The van der Waals surface area contributed by atoms with Crippen LogP contribution in [0.25, 0.3) is 10.2 Å². The van der Waals surface area contributed by atoms with Gasteiger partial charge in [0.1, 0.15) is 0 Å². The van der Waals surface area contributed by atoms with Crippen molar-refractivity contribution in [1.29, 1.82) is 0 Å². The minimum Gasteiger partial charge on any atom is -0.469 e. The van der Waals surface area contributed by atoms with Crippen LogP contribution < -0.4 is 4.80 Å². The average Bonchev–Trinajstić information content (AvgIpc) is 2.93. The molecule has 0 saturated carbocycles. The number of carbonyl (C=O) groups excluding carboxylic acids is 2. The second kappa shape index (κ2) is 8.52. The van der Waals surface area contributed by atoms with E-state index in [2.05, 4.69) is 9.73 Å². The van der Waals surface area contributed by atoms with Crippen LogP contribution in [-0.2, 0) is 20.9 Å². The number of amides is 1. The number of carbonyl (C=O) groups is 2. The summed E-state index contributed by atoms with van der Waals surface area (Å²) in [6.07, 6.45) is 2.11. The Labute approximate surface area is 147 Å². The third kappa shape index (κ3) is 4.72. The van der Waals surface area contributed by atoms with Gasteiger partial charge in [0, 0.05) is 25.1 Å². The number of nitro groups is 1. The summed E-state index contributed by atoms with van der Waals surface area (Å²) < 4.78 is 7.02. The second-order valence-electron chi connectivity index (χ2n) is 5.38. The number of nitro benzene ring substituents is 1. The predicted octanol–water partition coefficient (Wildman–Crippen LogP) is 2.79. The molecule has 0 aliphatic heterocycles. The normalized spacial score (nSPS) is 11.7. The van der Waals surface area contributed by atoms with Gasteiger partial charge in [-0.2, -0.15) is 4.99 Å². The van der Waals surface area contributed by atoms with Crippen molar-refractivity contribution in [2.75, 3.05) is 7.11 Å². The third-order valence-electron chi connectivity index (χ3n) is 3.61. The van der Waals surface area contributed by atoms with Crippen molar-refractivity contribution in [2.24, 2.45) is 4.99 Å². The number of non-ortho nitro benzene ring substituents is 1. The fraction of sp³-hybridized carbons (Fsp3) is 0.438. The lowest BCUT2D eigenvalue weighted by molar-refractivity contribution is -0.384. The summed E-state index contributed by atoms with van der Waals surface area (Å²) in [5, 5.41) is 11.0. The monoisotopic (exact) mass is 365 g/mol. The molecule has 0 aliphatic carbocycles. The van der Waals surface area contributed by atoms with Crippen molar-refractivity contribution < 1.29 is 19.2 Å². The van der Waals surface area contributed by atoms with E-state index in [1.54, 1.807) is 10.6 Å². The summed E-state index contributed by atoms with van der Waals surface area (Å²) in [5.74, 6) is -0.619. The van der Waals surface area contributed by atoms with Crippen molar-refractivity contribution in [3.63, 3.8) is 0 Å². The van der Waals surface area contributed by atoms with E-state index in [-0.39, 0.29) is 30.5 Å². The molecule has 2 aromatic rings. The molecule has 9 heteroatoms. The van der Waals surface area contributed by atoms with Crippen molar-refractivity contribution in [2.45, 2.75) is 39.2 Å². The SMILES string of the molecule is CCCCC(=O)N=c1sc2cc([N+](=O)[O-])ccc2n1CCC(=O)OC. The number of nitrogens with zero attached hydrogens (tertiary/aromatic N) is 3. The zero-order valence-corrected chi connectivity index (χ0v) is 14.9. The zero-order valence-electron chi connectivity index (χ0n) is 14.1. The molecular formula is C16H19N3O5S. The van der Waals surface area contributed by atoms with Gasteiger partial charge in [-0.1, -0.05) is 24.7 Å². The Morgan fingerprint density at radius 1 is 1.36 bits per heavy atom. The topological polar surface area (TPSA) is 104 Å². The number of rotatable bonds is 7. The summed E-state index contributed by atoms with van der Waals surface area (Å²) in [6.45, 7) is 2.27. The number of esters is 1. The van der Waals surface area contributed by atoms with Crippen molar-refractivity contribution in [3.05, 3.63) is 33.1 Å². The number of thiazole rings is 1. The molecule has 0 aliphatic rings. The van der Waals surface area contributed by atoms with E-state index < -0.39 is 4.92 Å². The van der Waals surface area contributed by atoms with Gasteiger partial charge >= 0.3 is 5.97 Å². The van der Waals surface area contributed by atoms with Gasteiger partial charge in [0.15, 0.2) is 4.80 Å². The highest BCUT2D eigenvalue weighted by molar-refractivity contribution is 7.16. The molecule has 1 heterocycles. The van der Waals surface area contributed by atoms with Gasteiger partial charge in [-0.3, -0.25) is 19.7 Å². The molecule has 0 unspecified atom stereocenters. The van der Waals surface area contributed by atoms with Crippen molar-refractivity contribution in [1.82, 2.24) is 4.57 Å². The molecule has 0 fully saturated rings. The largest absolute Gasteiger partial charge is 0.469 e. The molecule has 0 spiro atoms. The molecule has 0 radical (unpaired) electrons. The fourth-order valence-electron chi connectivity index (χ4n) is 2.27. The molecule has 0 N–H and O–H groups in total. The van der Waals surface area contributed by atoms with Crippen LogP contribution in [-0.4, -0.2) is 28.5 Å². The number of methoxy groups -OCH3 is 1. The molecule has 0 atom stereocenters. The number of benzene rings is 1. The van der Waals surface area contributed by atoms with Crippen molar-refractivity contribution in [3.8, 4) is 0 Å². The van der Waals surface area contributed by atoms with Crippen LogP contribution in [0.5, 0.6) is 0 Å². The van der Waals surface area contributed by atoms with E-state index in [1.807, 2.05) is 6.92 Å². The number of hydrogen-bond donors (Lipinski definition) is 0. The van der Waals surface area contributed by atoms with Crippen molar-refractivity contribution >= 4 is 39.1 Å². The molecule has 1 aromatic carbocycles. The number of aromatic nitrogens is 1. The van der Waals surface area contributed by atoms with Crippen LogP contribution in [0.1, 0.15) is 32.6 Å². The van der Waals surface area contributed by atoms with Crippen LogP contribution in [0.15, 0.2) is 23.2 Å². The lowest BCUT2D eigenvalue weighted by atomic mass is 10.2. The smallest absolute Gasteiger partial charge is 0.307 e. The molecular weight excluding hydrogens is 346 g/mol. The van der Waals surface area contributed by atoms with Crippen LogP contribution in [0.3, 0.4) is 0 Å². The first-order chi connectivity index (χ1) is 12.0. The maximum absolute atomic E-state index is 12.0. The van der Waals surface area contributed by atoms with Gasteiger partial charge in [0.05, 0.1) is 28.7 Å². The average molecular weight is 365 g/mol. The van der Waals surface area contributed by atoms with Crippen LogP contribution in [0.4, 0.5) is 5.69 Å². The van der Waals surface area contributed by atoms with Gasteiger partial charge in [-0.05, 0) is 12.5 Å². The summed E-state index contributed by atoms with van der Waals surface area (Å²) in [7, 11) is 1.31. The Balaban J connectivity index is 2.49. The van der Waals surface area contributed by atoms with Gasteiger partial charge in [0.2, 0.25) is 5.91 Å². The Morgan fingerprint density at radius 3 is 2.76 bits per heavy atom. The van der Waals surface area contributed by atoms with E-state index in [0.717, 1.165) is 12.8 Å². The van der Waals surface area contributed by atoms with Gasteiger partial charge in [-0.15, -0.1) is 0 Å². The molecule has 25 heavy (non-hydrogen) atoms. The minimum absolute atomic E-state index is 0.0299. The minimum atomic E-state index is -0.471. The molecule has 8 nitrogen and oxygen atoms in total. The maximum atomic E-state index is 12.0. The van der Waals surface area contributed by atoms with E-state index in [1.165, 1.54) is 30.6 Å². The number of hydrogen-bond acceptors (Lipinski definition) is 6. The van der Waals surface area contributed by atoms with E-state index in [0.29, 0.717) is 21.4 Å². The molecule has 0 bridgehead atoms.